The summed E-state index contributed by atoms with van der Waals surface area (Å²) in [6.07, 6.45) is 3.20. The molecule has 3 N–H and O–H groups in total. The standard InChI is InChI=1S/C14H22N2O2/c17-11-14(18)10-15-12-4-6-13(7-5-12)16-8-2-1-3-9-16/h4-7,14-15,17-18H,1-3,8-11H2. The zero-order chi connectivity index (χ0) is 12.8. The molecule has 0 spiro atoms. The number of hydrogen-bond donors (Lipinski definition) is 3. The van der Waals surface area contributed by atoms with Crippen molar-refractivity contribution in [1.29, 1.82) is 0 Å². The van der Waals surface area contributed by atoms with Crippen LogP contribution in [-0.2, 0) is 0 Å². The van der Waals surface area contributed by atoms with E-state index in [0.717, 1.165) is 18.8 Å². The summed E-state index contributed by atoms with van der Waals surface area (Å²) < 4.78 is 0. The lowest BCUT2D eigenvalue weighted by atomic mass is 10.1. The second-order valence-electron chi connectivity index (χ2n) is 4.81. The van der Waals surface area contributed by atoms with E-state index in [1.165, 1.54) is 24.9 Å². The van der Waals surface area contributed by atoms with Crippen LogP contribution in [0.5, 0.6) is 0 Å². The van der Waals surface area contributed by atoms with Gasteiger partial charge in [-0.2, -0.15) is 0 Å². The number of anilines is 2. The summed E-state index contributed by atoms with van der Waals surface area (Å²) in [5, 5.41) is 21.1. The third-order valence-electron chi connectivity index (χ3n) is 3.34. The van der Waals surface area contributed by atoms with Crippen molar-refractivity contribution in [2.24, 2.45) is 0 Å². The van der Waals surface area contributed by atoms with Crippen molar-refractivity contribution >= 4 is 11.4 Å². The highest BCUT2D eigenvalue weighted by molar-refractivity contribution is 5.55. The van der Waals surface area contributed by atoms with Gasteiger partial charge in [0.15, 0.2) is 0 Å². The maximum atomic E-state index is 9.26. The van der Waals surface area contributed by atoms with E-state index in [0.29, 0.717) is 6.54 Å². The first-order chi connectivity index (χ1) is 8.79. The number of rotatable bonds is 5. The predicted octanol–water partition coefficient (Wildman–Crippen LogP) is 1.44. The molecule has 1 unspecified atom stereocenters. The molecule has 1 saturated heterocycles. The number of aliphatic hydroxyl groups excluding tert-OH is 2. The summed E-state index contributed by atoms with van der Waals surface area (Å²) in [4.78, 5) is 2.41. The molecule has 0 saturated carbocycles. The molecule has 18 heavy (non-hydrogen) atoms. The monoisotopic (exact) mass is 250 g/mol. The highest BCUT2D eigenvalue weighted by atomic mass is 16.3. The van der Waals surface area contributed by atoms with Gasteiger partial charge in [-0.05, 0) is 43.5 Å². The van der Waals surface area contributed by atoms with E-state index in [1.807, 2.05) is 12.1 Å². The summed E-state index contributed by atoms with van der Waals surface area (Å²) >= 11 is 0. The van der Waals surface area contributed by atoms with Gasteiger partial charge in [-0.15, -0.1) is 0 Å². The Bertz CT molecular complexity index is 347. The second-order valence-corrected chi connectivity index (χ2v) is 4.81. The molecular formula is C14H22N2O2. The van der Waals surface area contributed by atoms with E-state index >= 15 is 0 Å². The van der Waals surface area contributed by atoms with Gasteiger partial charge in [0.1, 0.15) is 0 Å². The number of nitrogens with one attached hydrogen (secondary N) is 1. The molecular weight excluding hydrogens is 228 g/mol. The highest BCUT2D eigenvalue weighted by Gasteiger charge is 2.10. The lowest BCUT2D eigenvalue weighted by Crippen LogP contribution is -2.29. The first-order valence-corrected chi connectivity index (χ1v) is 6.67. The predicted molar refractivity (Wildman–Crippen MR) is 74.1 cm³/mol. The Morgan fingerprint density at radius 3 is 2.39 bits per heavy atom. The fraction of sp³-hybridized carbons (Fsp3) is 0.571. The van der Waals surface area contributed by atoms with Crippen LogP contribution in [0.3, 0.4) is 0 Å². The Labute approximate surface area is 108 Å². The van der Waals surface area contributed by atoms with Gasteiger partial charge in [-0.25, -0.2) is 0 Å². The van der Waals surface area contributed by atoms with E-state index < -0.39 is 6.10 Å². The van der Waals surface area contributed by atoms with Crippen molar-refractivity contribution in [2.45, 2.75) is 25.4 Å². The molecule has 1 aromatic carbocycles. The number of piperidine rings is 1. The molecule has 0 aliphatic carbocycles. The van der Waals surface area contributed by atoms with Crippen LogP contribution in [0.25, 0.3) is 0 Å². The molecule has 0 aromatic heterocycles. The topological polar surface area (TPSA) is 55.7 Å². The van der Waals surface area contributed by atoms with Gasteiger partial charge in [0.2, 0.25) is 0 Å². The third-order valence-corrected chi connectivity index (χ3v) is 3.34. The fourth-order valence-electron chi connectivity index (χ4n) is 2.24. The van der Waals surface area contributed by atoms with Crippen LogP contribution in [0.15, 0.2) is 24.3 Å². The van der Waals surface area contributed by atoms with E-state index in [9.17, 15) is 5.11 Å². The zero-order valence-corrected chi connectivity index (χ0v) is 10.7. The molecule has 4 heteroatoms. The molecule has 1 aliphatic heterocycles. The van der Waals surface area contributed by atoms with Crippen LogP contribution >= 0.6 is 0 Å². The number of nitrogens with zero attached hydrogens (tertiary/aromatic N) is 1. The molecule has 1 aliphatic rings. The third kappa shape index (κ3) is 3.62. The molecule has 2 rings (SSSR count). The van der Waals surface area contributed by atoms with Crippen LogP contribution in [0.1, 0.15) is 19.3 Å². The lowest BCUT2D eigenvalue weighted by Gasteiger charge is -2.28. The van der Waals surface area contributed by atoms with Crippen LogP contribution in [0.2, 0.25) is 0 Å². The molecule has 0 bridgehead atoms. The van der Waals surface area contributed by atoms with E-state index in [2.05, 4.69) is 22.3 Å². The molecule has 0 radical (unpaired) electrons. The first kappa shape index (κ1) is 13.2. The van der Waals surface area contributed by atoms with Gasteiger partial charge < -0.3 is 20.4 Å². The summed E-state index contributed by atoms with van der Waals surface area (Å²) in [5.74, 6) is 0. The van der Waals surface area contributed by atoms with Gasteiger partial charge in [0.25, 0.3) is 0 Å². The Morgan fingerprint density at radius 2 is 1.78 bits per heavy atom. The van der Waals surface area contributed by atoms with E-state index in [1.54, 1.807) is 0 Å². The van der Waals surface area contributed by atoms with Crippen molar-refractivity contribution in [3.8, 4) is 0 Å². The minimum Gasteiger partial charge on any atom is -0.394 e. The van der Waals surface area contributed by atoms with Crippen LogP contribution in [0, 0.1) is 0 Å². The second kappa shape index (κ2) is 6.61. The molecule has 4 nitrogen and oxygen atoms in total. The Balaban J connectivity index is 1.88. The largest absolute Gasteiger partial charge is 0.394 e. The van der Waals surface area contributed by atoms with Gasteiger partial charge >= 0.3 is 0 Å². The fourth-order valence-corrected chi connectivity index (χ4v) is 2.24. The molecule has 1 heterocycles. The minimum atomic E-state index is -0.702. The van der Waals surface area contributed by atoms with Gasteiger partial charge in [0, 0.05) is 31.0 Å². The number of hydrogen-bond acceptors (Lipinski definition) is 4. The maximum absolute atomic E-state index is 9.26. The quantitative estimate of drug-likeness (QED) is 0.740. The van der Waals surface area contributed by atoms with Crippen molar-refractivity contribution in [2.75, 3.05) is 36.5 Å². The van der Waals surface area contributed by atoms with Gasteiger partial charge in [-0.1, -0.05) is 0 Å². The Morgan fingerprint density at radius 1 is 1.11 bits per heavy atom. The van der Waals surface area contributed by atoms with Crippen molar-refractivity contribution < 1.29 is 10.2 Å². The molecule has 1 aromatic rings. The summed E-state index contributed by atoms with van der Waals surface area (Å²) in [7, 11) is 0. The lowest BCUT2D eigenvalue weighted by molar-refractivity contribution is 0.105. The van der Waals surface area contributed by atoms with Gasteiger partial charge in [-0.3, -0.25) is 0 Å². The van der Waals surface area contributed by atoms with Crippen molar-refractivity contribution in [3.63, 3.8) is 0 Å². The summed E-state index contributed by atoms with van der Waals surface area (Å²) in [5.41, 5.74) is 2.24. The zero-order valence-electron chi connectivity index (χ0n) is 10.7. The smallest absolute Gasteiger partial charge is 0.0942 e. The first-order valence-electron chi connectivity index (χ1n) is 6.67. The molecule has 100 valence electrons. The van der Waals surface area contributed by atoms with Gasteiger partial charge in [0.05, 0.1) is 12.7 Å². The average molecular weight is 250 g/mol. The summed E-state index contributed by atoms with van der Waals surface area (Å²) in [6, 6.07) is 8.26. The molecule has 1 atom stereocenters. The van der Waals surface area contributed by atoms with Crippen molar-refractivity contribution in [1.82, 2.24) is 0 Å². The highest BCUT2D eigenvalue weighted by Crippen LogP contribution is 2.21. The van der Waals surface area contributed by atoms with Crippen molar-refractivity contribution in [3.05, 3.63) is 24.3 Å². The van der Waals surface area contributed by atoms with Crippen LogP contribution < -0.4 is 10.2 Å². The van der Waals surface area contributed by atoms with Crippen LogP contribution in [-0.4, -0.2) is 42.6 Å². The Hall–Kier alpha value is -1.26. The Kier molecular flexibility index (Phi) is 4.84. The average Bonchev–Trinajstić information content (AvgIpc) is 2.46. The minimum absolute atomic E-state index is 0.209. The summed E-state index contributed by atoms with van der Waals surface area (Å²) in [6.45, 7) is 2.46. The van der Waals surface area contributed by atoms with E-state index in [-0.39, 0.29) is 6.61 Å². The maximum Gasteiger partial charge on any atom is 0.0942 e. The van der Waals surface area contributed by atoms with E-state index in [4.69, 9.17) is 5.11 Å². The number of benzene rings is 1. The molecule has 1 fully saturated rings. The SMILES string of the molecule is OCC(O)CNc1ccc(N2CCCCC2)cc1. The molecule has 0 amide bonds. The normalized spacial score (nSPS) is 17.6. The van der Waals surface area contributed by atoms with Crippen LogP contribution in [0.4, 0.5) is 11.4 Å². The number of aliphatic hydroxyl groups is 2.